The molecule has 0 spiro atoms. The predicted molar refractivity (Wildman–Crippen MR) is 101 cm³/mol. The van der Waals surface area contributed by atoms with E-state index in [0.29, 0.717) is 16.9 Å². The number of nitriles is 1. The Labute approximate surface area is 156 Å². The highest BCUT2D eigenvalue weighted by Crippen LogP contribution is 2.22. The van der Waals surface area contributed by atoms with Crippen LogP contribution in [0.25, 0.3) is 0 Å². The minimum Gasteiger partial charge on any atom is -0.496 e. The number of ether oxygens (including phenoxy) is 1. The van der Waals surface area contributed by atoms with Crippen LogP contribution in [-0.2, 0) is 13.2 Å². The van der Waals surface area contributed by atoms with Crippen LogP contribution in [0.15, 0.2) is 28.7 Å². The molecule has 6 heteroatoms. The summed E-state index contributed by atoms with van der Waals surface area (Å²) in [6.07, 6.45) is 0. The molecule has 0 saturated carbocycles. The van der Waals surface area contributed by atoms with Crippen molar-refractivity contribution >= 4 is 28.1 Å². The largest absolute Gasteiger partial charge is 0.496 e. The average molecular weight is 407 g/mol. The summed E-state index contributed by atoms with van der Waals surface area (Å²) in [5.74, 6) is 0.875. The Balaban J connectivity index is 2.29. The zero-order valence-electron chi connectivity index (χ0n) is 14.3. The lowest BCUT2D eigenvalue weighted by atomic mass is 10.1. The van der Waals surface area contributed by atoms with E-state index in [1.165, 1.54) is 4.90 Å². The average Bonchev–Trinajstić information content (AvgIpc) is 2.52. The second-order valence-electron chi connectivity index (χ2n) is 5.94. The molecule has 0 saturated heterocycles. The van der Waals surface area contributed by atoms with Crippen LogP contribution in [0.4, 0.5) is 0 Å². The molecule has 0 amide bonds. The number of methoxy groups -OCH3 is 1. The molecule has 0 aliphatic rings. The molecule has 24 heavy (non-hydrogen) atoms. The van der Waals surface area contributed by atoms with Crippen LogP contribution in [0.1, 0.15) is 22.4 Å². The summed E-state index contributed by atoms with van der Waals surface area (Å²) in [4.78, 5) is 1.25. The van der Waals surface area contributed by atoms with Crippen molar-refractivity contribution in [1.82, 2.24) is 4.57 Å². The number of nitrogens with zero attached hydrogens (tertiary/aromatic N) is 2. The number of aryl methyl sites for hydroxylation is 2. The highest BCUT2D eigenvalue weighted by atomic mass is 79.9. The number of hydrogen-bond donors (Lipinski definition) is 1. The third-order valence-electron chi connectivity index (χ3n) is 3.98. The highest BCUT2D eigenvalue weighted by Gasteiger charge is 2.13. The van der Waals surface area contributed by atoms with Gasteiger partial charge in [0.2, 0.25) is 0 Å². The topological polar surface area (TPSA) is 42.4 Å². The van der Waals surface area contributed by atoms with E-state index in [9.17, 15) is 5.26 Å². The fourth-order valence-corrected chi connectivity index (χ4v) is 3.62. The zero-order valence-corrected chi connectivity index (χ0v) is 16.7. The molecule has 4 nitrogen and oxygen atoms in total. The van der Waals surface area contributed by atoms with Gasteiger partial charge < -0.3 is 9.64 Å². The van der Waals surface area contributed by atoms with Crippen LogP contribution < -0.4 is 9.64 Å². The third-order valence-corrected chi connectivity index (χ3v) is 4.90. The molecular formula is C18H21BrN3OS+. The normalized spacial score (nSPS) is 11.8. The first-order chi connectivity index (χ1) is 11.4. The van der Waals surface area contributed by atoms with Crippen molar-refractivity contribution in [1.29, 1.82) is 5.26 Å². The number of nitrogens with one attached hydrogen (secondary N) is 1. The Morgan fingerprint density at radius 2 is 2.04 bits per heavy atom. The standard InChI is InChI=1S/C18H20BrN3OS/c1-12-7-13(2)22(18(24)16(12)9-20)11-21(3)10-14-8-15(19)5-6-17(14)23-4/h5-8H,10-11H2,1-4H3/p+1. The van der Waals surface area contributed by atoms with Crippen molar-refractivity contribution in [2.75, 3.05) is 14.2 Å². The van der Waals surface area contributed by atoms with E-state index in [1.54, 1.807) is 7.11 Å². The molecule has 0 fully saturated rings. The number of halogens is 1. The molecule has 126 valence electrons. The molecule has 0 aliphatic carbocycles. The van der Waals surface area contributed by atoms with Crippen LogP contribution in [0.5, 0.6) is 5.75 Å². The fourth-order valence-electron chi connectivity index (χ4n) is 2.80. The Kier molecular flexibility index (Phi) is 6.16. The summed E-state index contributed by atoms with van der Waals surface area (Å²) in [5.41, 5.74) is 3.71. The van der Waals surface area contributed by atoms with E-state index >= 15 is 0 Å². The maximum absolute atomic E-state index is 9.32. The Morgan fingerprint density at radius 3 is 2.67 bits per heavy atom. The number of hydrogen-bond acceptors (Lipinski definition) is 3. The van der Waals surface area contributed by atoms with Gasteiger partial charge in [0.05, 0.1) is 19.7 Å². The van der Waals surface area contributed by atoms with E-state index in [1.807, 2.05) is 36.6 Å². The summed E-state index contributed by atoms with van der Waals surface area (Å²) in [7, 11) is 3.79. The van der Waals surface area contributed by atoms with Crippen molar-refractivity contribution in [3.63, 3.8) is 0 Å². The van der Waals surface area contributed by atoms with Crippen LogP contribution in [0.2, 0.25) is 0 Å². The minimum atomic E-state index is 0.587. The molecule has 0 bridgehead atoms. The van der Waals surface area contributed by atoms with Crippen molar-refractivity contribution in [3.8, 4) is 11.8 Å². The Hall–Kier alpha value is -1.68. The van der Waals surface area contributed by atoms with Crippen LogP contribution in [0, 0.1) is 29.8 Å². The SMILES string of the molecule is COc1ccc(Br)cc1C[NH+](C)Cn1c(C)cc(C)c(C#N)c1=S. The summed E-state index contributed by atoms with van der Waals surface area (Å²) >= 11 is 9.02. The Morgan fingerprint density at radius 1 is 1.33 bits per heavy atom. The fraction of sp³-hybridized carbons (Fsp3) is 0.333. The van der Waals surface area contributed by atoms with Gasteiger partial charge in [-0.1, -0.05) is 28.1 Å². The number of benzene rings is 1. The number of pyridine rings is 1. The van der Waals surface area contributed by atoms with Gasteiger partial charge in [-0.15, -0.1) is 0 Å². The monoisotopic (exact) mass is 406 g/mol. The van der Waals surface area contributed by atoms with Crippen molar-refractivity contribution in [3.05, 3.63) is 55.8 Å². The number of rotatable bonds is 5. The van der Waals surface area contributed by atoms with Crippen LogP contribution in [-0.4, -0.2) is 18.7 Å². The van der Waals surface area contributed by atoms with Gasteiger partial charge in [0.15, 0.2) is 6.67 Å². The third kappa shape index (κ3) is 4.04. The van der Waals surface area contributed by atoms with Crippen molar-refractivity contribution in [2.45, 2.75) is 27.1 Å². The molecule has 1 aromatic carbocycles. The van der Waals surface area contributed by atoms with Crippen molar-refractivity contribution < 1.29 is 9.64 Å². The predicted octanol–water partition coefficient (Wildman–Crippen LogP) is 3.15. The van der Waals surface area contributed by atoms with Gasteiger partial charge in [0.25, 0.3) is 0 Å². The quantitative estimate of drug-likeness (QED) is 0.775. The minimum absolute atomic E-state index is 0.587. The van der Waals surface area contributed by atoms with Gasteiger partial charge in [-0.05, 0) is 43.7 Å². The number of aromatic nitrogens is 1. The second kappa shape index (κ2) is 7.93. The van der Waals surface area contributed by atoms with E-state index in [2.05, 4.69) is 35.1 Å². The van der Waals surface area contributed by atoms with Gasteiger partial charge in [-0.2, -0.15) is 5.26 Å². The molecule has 1 N–H and O–H groups in total. The Bertz CT molecular complexity index is 855. The lowest BCUT2D eigenvalue weighted by molar-refractivity contribution is -0.917. The summed E-state index contributed by atoms with van der Waals surface area (Å²) in [5, 5.41) is 9.32. The molecule has 1 unspecified atom stereocenters. The smallest absolute Gasteiger partial charge is 0.157 e. The first-order valence-corrected chi connectivity index (χ1v) is 8.82. The van der Waals surface area contributed by atoms with Crippen molar-refractivity contribution in [2.24, 2.45) is 0 Å². The molecule has 2 aromatic rings. The highest BCUT2D eigenvalue weighted by molar-refractivity contribution is 9.10. The molecule has 1 atom stereocenters. The molecule has 1 heterocycles. The van der Waals surface area contributed by atoms with E-state index < -0.39 is 0 Å². The maximum Gasteiger partial charge on any atom is 0.157 e. The van der Waals surface area contributed by atoms with E-state index in [-0.39, 0.29) is 0 Å². The lowest BCUT2D eigenvalue weighted by Crippen LogP contribution is -3.07. The van der Waals surface area contributed by atoms with Gasteiger partial charge in [-0.3, -0.25) is 4.57 Å². The second-order valence-corrected chi connectivity index (χ2v) is 7.24. The lowest BCUT2D eigenvalue weighted by Gasteiger charge is -2.20. The first kappa shape index (κ1) is 18.7. The van der Waals surface area contributed by atoms with E-state index in [0.717, 1.165) is 33.6 Å². The summed E-state index contributed by atoms with van der Waals surface area (Å²) in [6.45, 7) is 5.43. The van der Waals surface area contributed by atoms with Gasteiger partial charge in [-0.25, -0.2) is 0 Å². The summed E-state index contributed by atoms with van der Waals surface area (Å²) in [6, 6.07) is 10.2. The zero-order chi connectivity index (χ0) is 17.9. The van der Waals surface area contributed by atoms with Gasteiger partial charge >= 0.3 is 0 Å². The van der Waals surface area contributed by atoms with E-state index in [4.69, 9.17) is 17.0 Å². The van der Waals surface area contributed by atoms with Crippen LogP contribution in [0.3, 0.4) is 0 Å². The molecule has 2 rings (SSSR count). The summed E-state index contributed by atoms with van der Waals surface area (Å²) < 4.78 is 9.11. The molecule has 0 radical (unpaired) electrons. The number of quaternary nitrogens is 1. The molecular weight excluding hydrogens is 386 g/mol. The van der Waals surface area contributed by atoms with Gasteiger partial charge in [0, 0.05) is 15.7 Å². The van der Waals surface area contributed by atoms with Crippen LogP contribution >= 0.6 is 28.1 Å². The van der Waals surface area contributed by atoms with Gasteiger partial charge in [0.1, 0.15) is 23.0 Å². The maximum atomic E-state index is 9.32. The first-order valence-electron chi connectivity index (χ1n) is 7.62. The molecule has 0 aliphatic heterocycles. The molecule has 1 aromatic heterocycles.